The Morgan fingerprint density at radius 2 is 2.06 bits per heavy atom. The summed E-state index contributed by atoms with van der Waals surface area (Å²) in [5.41, 5.74) is 1.75. The highest BCUT2D eigenvalue weighted by Crippen LogP contribution is 2.16. The van der Waals surface area contributed by atoms with Crippen LogP contribution in [0.1, 0.15) is 12.2 Å². The maximum Gasteiger partial charge on any atom is 0.147 e. The number of benzene rings is 1. The number of aliphatic hydroxyl groups excluding tert-OH is 1. The minimum atomic E-state index is -2.95. The summed E-state index contributed by atoms with van der Waals surface area (Å²) in [5.74, 6) is 0.717. The van der Waals surface area contributed by atoms with Crippen molar-refractivity contribution in [2.45, 2.75) is 19.6 Å². The van der Waals surface area contributed by atoms with E-state index in [0.29, 0.717) is 18.8 Å². The predicted octanol–water partition coefficient (Wildman–Crippen LogP) is 0.963. The number of rotatable bonds is 5. The molecule has 0 fully saturated rings. The second-order valence-corrected chi connectivity index (χ2v) is 6.57. The van der Waals surface area contributed by atoms with E-state index in [1.807, 2.05) is 28.8 Å². The summed E-state index contributed by atoms with van der Waals surface area (Å²) >= 11 is 0. The molecule has 0 radical (unpaired) electrons. The van der Waals surface area contributed by atoms with E-state index < -0.39 is 9.84 Å². The molecule has 1 heterocycles. The fraction of sp³-hybridized carbons (Fsp3) is 0.417. The van der Waals surface area contributed by atoms with Gasteiger partial charge < -0.3 is 9.67 Å². The summed E-state index contributed by atoms with van der Waals surface area (Å²) in [4.78, 5) is 4.31. The maximum absolute atomic E-state index is 11.1. The van der Waals surface area contributed by atoms with Gasteiger partial charge in [-0.25, -0.2) is 13.4 Å². The smallest absolute Gasteiger partial charge is 0.147 e. The van der Waals surface area contributed by atoms with E-state index in [4.69, 9.17) is 0 Å². The van der Waals surface area contributed by atoms with E-state index in [0.717, 1.165) is 11.0 Å². The zero-order chi connectivity index (χ0) is 13.2. The highest BCUT2D eigenvalue weighted by atomic mass is 32.2. The van der Waals surface area contributed by atoms with Gasteiger partial charge in [-0.1, -0.05) is 12.1 Å². The first-order valence-corrected chi connectivity index (χ1v) is 7.80. The van der Waals surface area contributed by atoms with Gasteiger partial charge in [0.15, 0.2) is 0 Å². The van der Waals surface area contributed by atoms with E-state index in [1.165, 1.54) is 6.26 Å². The Morgan fingerprint density at radius 1 is 1.33 bits per heavy atom. The van der Waals surface area contributed by atoms with Crippen molar-refractivity contribution in [3.63, 3.8) is 0 Å². The van der Waals surface area contributed by atoms with Gasteiger partial charge in [0, 0.05) is 12.8 Å². The molecule has 5 nitrogen and oxygen atoms in total. The first kappa shape index (κ1) is 13.0. The summed E-state index contributed by atoms with van der Waals surface area (Å²) in [6, 6.07) is 7.58. The minimum Gasteiger partial charge on any atom is -0.388 e. The maximum atomic E-state index is 11.1. The number of aromatic nitrogens is 2. The number of para-hydroxylation sites is 2. The Balaban J connectivity index is 2.25. The Kier molecular flexibility index (Phi) is 3.68. The normalized spacial score (nSPS) is 12.1. The molecule has 2 aromatic rings. The Morgan fingerprint density at radius 3 is 2.72 bits per heavy atom. The van der Waals surface area contributed by atoms with Crippen LogP contribution in [-0.4, -0.2) is 35.1 Å². The molecule has 0 aliphatic carbocycles. The molecule has 2 rings (SSSR count). The van der Waals surface area contributed by atoms with Crippen LogP contribution in [0.2, 0.25) is 0 Å². The van der Waals surface area contributed by atoms with Gasteiger partial charge in [0.1, 0.15) is 22.3 Å². The molecular formula is C12H16N2O3S. The average molecular weight is 268 g/mol. The van der Waals surface area contributed by atoms with Gasteiger partial charge in [0.25, 0.3) is 0 Å². The number of hydrogen-bond donors (Lipinski definition) is 1. The highest BCUT2D eigenvalue weighted by molar-refractivity contribution is 7.90. The van der Waals surface area contributed by atoms with Crippen LogP contribution < -0.4 is 0 Å². The molecular weight excluding hydrogens is 252 g/mol. The van der Waals surface area contributed by atoms with Crippen LogP contribution >= 0.6 is 0 Å². The number of imidazole rings is 1. The van der Waals surface area contributed by atoms with Crippen molar-refractivity contribution >= 4 is 20.9 Å². The third kappa shape index (κ3) is 2.88. The number of sulfone groups is 1. The molecule has 0 amide bonds. The van der Waals surface area contributed by atoms with Crippen LogP contribution in [0.5, 0.6) is 0 Å². The fourth-order valence-corrected chi connectivity index (χ4v) is 2.63. The number of fused-ring (bicyclic) bond motifs is 1. The summed E-state index contributed by atoms with van der Waals surface area (Å²) < 4.78 is 24.1. The van der Waals surface area contributed by atoms with Crippen LogP contribution in [0.25, 0.3) is 11.0 Å². The molecule has 0 unspecified atom stereocenters. The molecule has 0 spiro atoms. The first-order chi connectivity index (χ1) is 8.51. The third-order valence-corrected chi connectivity index (χ3v) is 3.80. The molecule has 0 saturated carbocycles. The standard InChI is InChI=1S/C12H16N2O3S/c1-18(16,17)8-4-7-14-11-6-3-2-5-10(11)13-12(14)9-15/h2-3,5-6,15H,4,7-9H2,1H3. The molecule has 1 N–H and O–H groups in total. The largest absolute Gasteiger partial charge is 0.388 e. The zero-order valence-corrected chi connectivity index (χ0v) is 11.0. The van der Waals surface area contributed by atoms with Gasteiger partial charge in [-0.05, 0) is 18.6 Å². The summed E-state index contributed by atoms with van der Waals surface area (Å²) in [6.07, 6.45) is 1.75. The first-order valence-electron chi connectivity index (χ1n) is 5.74. The zero-order valence-electron chi connectivity index (χ0n) is 10.2. The van der Waals surface area contributed by atoms with Gasteiger partial charge in [-0.2, -0.15) is 0 Å². The summed E-state index contributed by atoms with van der Waals surface area (Å²) in [7, 11) is -2.95. The second kappa shape index (κ2) is 5.07. The molecule has 6 heteroatoms. The van der Waals surface area contributed by atoms with Crippen LogP contribution in [0.15, 0.2) is 24.3 Å². The van der Waals surface area contributed by atoms with Crippen molar-refractivity contribution in [3.05, 3.63) is 30.1 Å². The highest BCUT2D eigenvalue weighted by Gasteiger charge is 2.10. The van der Waals surface area contributed by atoms with Crippen molar-refractivity contribution in [1.82, 2.24) is 9.55 Å². The van der Waals surface area contributed by atoms with Gasteiger partial charge in [-0.15, -0.1) is 0 Å². The predicted molar refractivity (Wildman–Crippen MR) is 70.0 cm³/mol. The van der Waals surface area contributed by atoms with Gasteiger partial charge in [0.05, 0.1) is 16.8 Å². The quantitative estimate of drug-likeness (QED) is 0.876. The molecule has 1 aromatic heterocycles. The van der Waals surface area contributed by atoms with Crippen molar-refractivity contribution in [2.24, 2.45) is 0 Å². The van der Waals surface area contributed by atoms with E-state index in [1.54, 1.807) is 0 Å². The van der Waals surface area contributed by atoms with E-state index in [-0.39, 0.29) is 12.4 Å². The van der Waals surface area contributed by atoms with Crippen LogP contribution in [0.4, 0.5) is 0 Å². The molecule has 1 aromatic carbocycles. The molecule has 0 atom stereocenters. The molecule has 0 bridgehead atoms. The second-order valence-electron chi connectivity index (χ2n) is 4.31. The molecule has 0 saturated heterocycles. The van der Waals surface area contributed by atoms with Crippen molar-refractivity contribution in [1.29, 1.82) is 0 Å². The van der Waals surface area contributed by atoms with Crippen LogP contribution in [-0.2, 0) is 23.0 Å². The number of hydrogen-bond acceptors (Lipinski definition) is 4. The molecule has 0 aliphatic rings. The minimum absolute atomic E-state index is 0.143. The van der Waals surface area contributed by atoms with E-state index in [2.05, 4.69) is 4.98 Å². The van der Waals surface area contributed by atoms with Gasteiger partial charge in [0.2, 0.25) is 0 Å². The summed E-state index contributed by atoms with van der Waals surface area (Å²) in [5, 5.41) is 9.28. The Hall–Kier alpha value is -1.40. The molecule has 0 aliphatic heterocycles. The van der Waals surface area contributed by atoms with Crippen molar-refractivity contribution in [2.75, 3.05) is 12.0 Å². The lowest BCUT2D eigenvalue weighted by Gasteiger charge is -2.07. The lowest BCUT2D eigenvalue weighted by atomic mass is 10.3. The number of aliphatic hydroxyl groups is 1. The topological polar surface area (TPSA) is 72.2 Å². The number of nitrogens with zero attached hydrogens (tertiary/aromatic N) is 2. The average Bonchev–Trinajstić information content (AvgIpc) is 2.66. The Labute approximate surface area is 106 Å². The van der Waals surface area contributed by atoms with Crippen LogP contribution in [0, 0.1) is 0 Å². The third-order valence-electron chi connectivity index (χ3n) is 2.77. The lowest BCUT2D eigenvalue weighted by molar-refractivity contribution is 0.266. The lowest BCUT2D eigenvalue weighted by Crippen LogP contribution is -2.09. The SMILES string of the molecule is CS(=O)(=O)CCCn1c(CO)nc2ccccc21. The van der Waals surface area contributed by atoms with Crippen molar-refractivity contribution in [3.8, 4) is 0 Å². The monoisotopic (exact) mass is 268 g/mol. The van der Waals surface area contributed by atoms with Gasteiger partial charge >= 0.3 is 0 Å². The van der Waals surface area contributed by atoms with E-state index >= 15 is 0 Å². The van der Waals surface area contributed by atoms with Crippen molar-refractivity contribution < 1.29 is 13.5 Å². The fourth-order valence-electron chi connectivity index (χ4n) is 1.98. The van der Waals surface area contributed by atoms with E-state index in [9.17, 15) is 13.5 Å². The summed E-state index contributed by atoms with van der Waals surface area (Å²) in [6.45, 7) is 0.400. The molecule has 18 heavy (non-hydrogen) atoms. The molecule has 98 valence electrons. The van der Waals surface area contributed by atoms with Crippen LogP contribution in [0.3, 0.4) is 0 Å². The number of aryl methyl sites for hydroxylation is 1. The Bertz CT molecular complexity index is 646. The van der Waals surface area contributed by atoms with Gasteiger partial charge in [-0.3, -0.25) is 0 Å².